The Morgan fingerprint density at radius 3 is 2.40 bits per heavy atom. The van der Waals surface area contributed by atoms with Crippen LogP contribution in [0.3, 0.4) is 0 Å². The second-order valence-electron chi connectivity index (χ2n) is 4.42. The zero-order valence-corrected chi connectivity index (χ0v) is 11.3. The van der Waals surface area contributed by atoms with Crippen LogP contribution in [0.25, 0.3) is 0 Å². The fraction of sp³-hybridized carbons (Fsp3) is 0.231. The van der Waals surface area contributed by atoms with Gasteiger partial charge in [0.25, 0.3) is 5.91 Å². The highest BCUT2D eigenvalue weighted by molar-refractivity contribution is 7.80. The van der Waals surface area contributed by atoms with Gasteiger partial charge in [-0.25, -0.2) is 0 Å². The van der Waals surface area contributed by atoms with Crippen LogP contribution < -0.4 is 16.4 Å². The molecule has 1 unspecified atom stereocenters. The molecule has 0 radical (unpaired) electrons. The van der Waals surface area contributed by atoms with Crippen molar-refractivity contribution in [2.24, 2.45) is 5.73 Å². The second-order valence-corrected chi connectivity index (χ2v) is 4.86. The quantitative estimate of drug-likeness (QED) is 0.531. The van der Waals surface area contributed by atoms with Gasteiger partial charge in [0.15, 0.2) is 0 Å². The highest BCUT2D eigenvalue weighted by Crippen LogP contribution is 2.08. The summed E-state index contributed by atoms with van der Waals surface area (Å²) in [7, 11) is 0. The Hall–Kier alpha value is -2.28. The predicted octanol–water partition coefficient (Wildman–Crippen LogP) is -0.144. The molecule has 1 aliphatic rings. The van der Waals surface area contributed by atoms with Crippen molar-refractivity contribution < 1.29 is 14.4 Å². The molecule has 0 bridgehead atoms. The SMILES string of the molecule is NC(=S)c1ccc(C(=O)NC2CCC(=O)NC2=O)cc1. The molecule has 6 nitrogen and oxygen atoms in total. The van der Waals surface area contributed by atoms with Crippen LogP contribution in [0.15, 0.2) is 24.3 Å². The third-order valence-corrected chi connectivity index (χ3v) is 3.21. The fourth-order valence-electron chi connectivity index (χ4n) is 1.86. The Balaban J connectivity index is 2.03. The Bertz CT molecular complexity index is 583. The summed E-state index contributed by atoms with van der Waals surface area (Å²) in [6, 6.07) is 5.75. The average Bonchev–Trinajstić information content (AvgIpc) is 2.42. The summed E-state index contributed by atoms with van der Waals surface area (Å²) < 4.78 is 0. The van der Waals surface area contributed by atoms with Crippen molar-refractivity contribution in [1.82, 2.24) is 10.6 Å². The predicted molar refractivity (Wildman–Crippen MR) is 76.0 cm³/mol. The number of nitrogens with one attached hydrogen (secondary N) is 2. The van der Waals surface area contributed by atoms with Crippen molar-refractivity contribution in [2.45, 2.75) is 18.9 Å². The first-order chi connectivity index (χ1) is 9.47. The van der Waals surface area contributed by atoms with Crippen LogP contribution >= 0.6 is 12.2 Å². The zero-order valence-electron chi connectivity index (χ0n) is 10.5. The van der Waals surface area contributed by atoms with Crippen molar-refractivity contribution in [2.75, 3.05) is 0 Å². The molecule has 1 heterocycles. The maximum absolute atomic E-state index is 12.0. The lowest BCUT2D eigenvalue weighted by atomic mass is 10.1. The molecule has 1 saturated heterocycles. The molecule has 4 N–H and O–H groups in total. The highest BCUT2D eigenvalue weighted by atomic mass is 32.1. The number of rotatable bonds is 3. The maximum Gasteiger partial charge on any atom is 0.251 e. The largest absolute Gasteiger partial charge is 0.389 e. The minimum atomic E-state index is -0.685. The molecule has 0 aliphatic carbocycles. The number of carbonyl (C=O) groups is 3. The van der Waals surface area contributed by atoms with Gasteiger partial charge in [-0.3, -0.25) is 19.7 Å². The lowest BCUT2D eigenvalue weighted by Gasteiger charge is -2.21. The van der Waals surface area contributed by atoms with Gasteiger partial charge in [-0.2, -0.15) is 0 Å². The van der Waals surface area contributed by atoms with E-state index in [0.29, 0.717) is 17.5 Å². The van der Waals surface area contributed by atoms with E-state index in [0.717, 1.165) is 0 Å². The van der Waals surface area contributed by atoms with Crippen molar-refractivity contribution in [3.8, 4) is 0 Å². The Kier molecular flexibility index (Phi) is 4.09. The molecule has 2 rings (SSSR count). The van der Waals surface area contributed by atoms with Crippen LogP contribution in [0.4, 0.5) is 0 Å². The summed E-state index contributed by atoms with van der Waals surface area (Å²) in [6.07, 6.45) is 0.526. The van der Waals surface area contributed by atoms with E-state index in [4.69, 9.17) is 18.0 Å². The van der Waals surface area contributed by atoms with Gasteiger partial charge >= 0.3 is 0 Å². The number of hydrogen-bond acceptors (Lipinski definition) is 4. The molecule has 104 valence electrons. The van der Waals surface area contributed by atoms with E-state index in [9.17, 15) is 14.4 Å². The molecule has 1 aromatic rings. The molecule has 1 aromatic carbocycles. The van der Waals surface area contributed by atoms with Gasteiger partial charge in [0.05, 0.1) is 0 Å². The lowest BCUT2D eigenvalue weighted by Crippen LogP contribution is -2.52. The summed E-state index contributed by atoms with van der Waals surface area (Å²) in [4.78, 5) is 34.8. The number of carbonyl (C=O) groups excluding carboxylic acids is 3. The van der Waals surface area contributed by atoms with Crippen LogP contribution in [0, 0.1) is 0 Å². The van der Waals surface area contributed by atoms with Gasteiger partial charge in [0.2, 0.25) is 11.8 Å². The van der Waals surface area contributed by atoms with Gasteiger partial charge in [0, 0.05) is 17.5 Å². The zero-order chi connectivity index (χ0) is 14.7. The van der Waals surface area contributed by atoms with Crippen LogP contribution in [0.5, 0.6) is 0 Å². The molecule has 0 spiro atoms. The molecule has 3 amide bonds. The number of hydrogen-bond donors (Lipinski definition) is 3. The topological polar surface area (TPSA) is 101 Å². The number of benzene rings is 1. The van der Waals surface area contributed by atoms with Crippen molar-refractivity contribution in [1.29, 1.82) is 0 Å². The standard InChI is InChI=1S/C13H13N3O3S/c14-11(20)7-1-3-8(4-2-7)12(18)15-9-5-6-10(17)16-13(9)19/h1-4,9H,5-6H2,(H2,14,20)(H,15,18)(H,16,17,19). The number of nitrogens with two attached hydrogens (primary N) is 1. The normalized spacial score (nSPS) is 18.3. The van der Waals surface area contributed by atoms with Gasteiger partial charge < -0.3 is 11.1 Å². The molecule has 0 saturated carbocycles. The molecule has 20 heavy (non-hydrogen) atoms. The molecular weight excluding hydrogens is 278 g/mol. The third-order valence-electron chi connectivity index (χ3n) is 2.98. The monoisotopic (exact) mass is 291 g/mol. The van der Waals surface area contributed by atoms with Crippen molar-refractivity contribution in [3.63, 3.8) is 0 Å². The molecule has 1 atom stereocenters. The van der Waals surface area contributed by atoms with E-state index in [-0.39, 0.29) is 23.2 Å². The summed E-state index contributed by atoms with van der Waals surface area (Å²) in [5.41, 5.74) is 6.53. The number of amides is 3. The molecular formula is C13H13N3O3S. The minimum absolute atomic E-state index is 0.219. The van der Waals surface area contributed by atoms with E-state index in [2.05, 4.69) is 10.6 Å². The lowest BCUT2D eigenvalue weighted by molar-refractivity contribution is -0.134. The van der Waals surface area contributed by atoms with Crippen molar-refractivity contribution >= 4 is 34.9 Å². The summed E-state index contributed by atoms with van der Waals surface area (Å²) >= 11 is 4.82. The van der Waals surface area contributed by atoms with E-state index < -0.39 is 11.9 Å². The van der Waals surface area contributed by atoms with Crippen LogP contribution in [0.1, 0.15) is 28.8 Å². The molecule has 1 aliphatic heterocycles. The maximum atomic E-state index is 12.0. The van der Waals surface area contributed by atoms with E-state index >= 15 is 0 Å². The minimum Gasteiger partial charge on any atom is -0.389 e. The molecule has 1 fully saturated rings. The van der Waals surface area contributed by atoms with Crippen molar-refractivity contribution in [3.05, 3.63) is 35.4 Å². The van der Waals surface area contributed by atoms with Crippen LogP contribution in [-0.4, -0.2) is 28.8 Å². The fourth-order valence-corrected chi connectivity index (χ4v) is 1.99. The Morgan fingerprint density at radius 1 is 1.25 bits per heavy atom. The number of imide groups is 1. The first-order valence-electron chi connectivity index (χ1n) is 6.02. The molecule has 7 heteroatoms. The van der Waals surface area contributed by atoms with E-state index in [1.54, 1.807) is 24.3 Å². The van der Waals surface area contributed by atoms with E-state index in [1.165, 1.54) is 0 Å². The highest BCUT2D eigenvalue weighted by Gasteiger charge is 2.27. The second kappa shape index (κ2) is 5.79. The third kappa shape index (κ3) is 3.18. The molecule has 0 aromatic heterocycles. The Labute approximate surface area is 120 Å². The van der Waals surface area contributed by atoms with E-state index in [1.807, 2.05) is 0 Å². The first-order valence-corrected chi connectivity index (χ1v) is 6.42. The van der Waals surface area contributed by atoms with Gasteiger partial charge in [0.1, 0.15) is 11.0 Å². The number of piperidine rings is 1. The number of thiocarbonyl (C=S) groups is 1. The first kappa shape index (κ1) is 14.1. The van der Waals surface area contributed by atoms with Gasteiger partial charge in [-0.15, -0.1) is 0 Å². The summed E-state index contributed by atoms with van der Waals surface area (Å²) in [5.74, 6) is -1.18. The van der Waals surface area contributed by atoms with Gasteiger partial charge in [-0.05, 0) is 18.6 Å². The summed E-state index contributed by atoms with van der Waals surface area (Å²) in [5, 5.41) is 4.77. The van der Waals surface area contributed by atoms with Crippen LogP contribution in [-0.2, 0) is 9.59 Å². The smallest absolute Gasteiger partial charge is 0.251 e. The Morgan fingerprint density at radius 2 is 1.85 bits per heavy atom. The van der Waals surface area contributed by atoms with Crippen LogP contribution in [0.2, 0.25) is 0 Å². The summed E-state index contributed by atoms with van der Waals surface area (Å²) in [6.45, 7) is 0. The average molecular weight is 291 g/mol. The van der Waals surface area contributed by atoms with Gasteiger partial charge in [-0.1, -0.05) is 24.4 Å².